The first-order chi connectivity index (χ1) is 9.55. The van der Waals surface area contributed by atoms with Crippen LogP contribution in [0.4, 0.5) is 4.39 Å². The molecule has 0 bridgehead atoms. The minimum Gasteiger partial charge on any atom is -0.317 e. The summed E-state index contributed by atoms with van der Waals surface area (Å²) in [4.78, 5) is 0.172. The van der Waals surface area contributed by atoms with E-state index in [0.29, 0.717) is 6.54 Å². The summed E-state index contributed by atoms with van der Waals surface area (Å²) in [5.41, 5.74) is 0. The molecule has 1 N–H and O–H groups in total. The molecule has 0 aliphatic carbocycles. The van der Waals surface area contributed by atoms with Crippen molar-refractivity contribution in [2.75, 3.05) is 19.6 Å². The smallest absolute Gasteiger partial charge is 0.243 e. The average molecular weight is 300 g/mol. The van der Waals surface area contributed by atoms with E-state index in [1.165, 1.54) is 24.3 Å². The van der Waals surface area contributed by atoms with Gasteiger partial charge in [0, 0.05) is 12.6 Å². The van der Waals surface area contributed by atoms with Gasteiger partial charge in [-0.3, -0.25) is 0 Å². The van der Waals surface area contributed by atoms with Gasteiger partial charge in [0.25, 0.3) is 0 Å². The topological polar surface area (TPSA) is 49.4 Å². The maximum Gasteiger partial charge on any atom is 0.243 e. The Morgan fingerprint density at radius 2 is 1.85 bits per heavy atom. The average Bonchev–Trinajstić information content (AvgIpc) is 2.46. The number of halogens is 1. The Bertz CT molecular complexity index is 525. The van der Waals surface area contributed by atoms with Gasteiger partial charge in [0.05, 0.1) is 4.90 Å². The Morgan fingerprint density at radius 3 is 2.40 bits per heavy atom. The van der Waals surface area contributed by atoms with Crippen LogP contribution in [0.1, 0.15) is 26.2 Å². The SMILES string of the molecule is CCCN(C1CCNCC1)S(=O)(=O)c1ccc(F)cc1. The van der Waals surface area contributed by atoms with Gasteiger partial charge in [-0.25, -0.2) is 12.8 Å². The zero-order valence-corrected chi connectivity index (χ0v) is 12.5. The predicted molar refractivity (Wildman–Crippen MR) is 76.5 cm³/mol. The van der Waals surface area contributed by atoms with Gasteiger partial charge < -0.3 is 5.32 Å². The van der Waals surface area contributed by atoms with E-state index in [9.17, 15) is 12.8 Å². The Labute approximate surface area is 120 Å². The third-order valence-electron chi connectivity index (χ3n) is 3.58. The van der Waals surface area contributed by atoms with Crippen molar-refractivity contribution < 1.29 is 12.8 Å². The van der Waals surface area contributed by atoms with Gasteiger partial charge in [-0.05, 0) is 56.6 Å². The third-order valence-corrected chi connectivity index (χ3v) is 5.55. The van der Waals surface area contributed by atoms with E-state index in [1.807, 2.05) is 6.92 Å². The van der Waals surface area contributed by atoms with E-state index < -0.39 is 15.8 Å². The lowest BCUT2D eigenvalue weighted by Gasteiger charge is -2.33. The molecule has 4 nitrogen and oxygen atoms in total. The second-order valence-electron chi connectivity index (χ2n) is 5.05. The highest BCUT2D eigenvalue weighted by atomic mass is 32.2. The molecule has 1 aromatic carbocycles. The molecule has 0 atom stereocenters. The number of sulfonamides is 1. The Hall–Kier alpha value is -0.980. The van der Waals surface area contributed by atoms with E-state index >= 15 is 0 Å². The molecule has 1 aromatic rings. The van der Waals surface area contributed by atoms with Crippen LogP contribution < -0.4 is 5.32 Å². The summed E-state index contributed by atoms with van der Waals surface area (Å²) in [5, 5.41) is 3.24. The van der Waals surface area contributed by atoms with Crippen LogP contribution in [0.3, 0.4) is 0 Å². The summed E-state index contributed by atoms with van der Waals surface area (Å²) in [6.07, 6.45) is 2.41. The van der Waals surface area contributed by atoms with E-state index in [4.69, 9.17) is 0 Å². The molecule has 2 rings (SSSR count). The van der Waals surface area contributed by atoms with Crippen molar-refractivity contribution in [2.45, 2.75) is 37.1 Å². The van der Waals surface area contributed by atoms with Gasteiger partial charge in [-0.15, -0.1) is 0 Å². The minimum absolute atomic E-state index is 0.0336. The Balaban J connectivity index is 2.28. The molecule has 1 fully saturated rings. The van der Waals surface area contributed by atoms with Crippen LogP contribution >= 0.6 is 0 Å². The van der Waals surface area contributed by atoms with Crippen molar-refractivity contribution in [3.63, 3.8) is 0 Å². The number of hydrogen-bond donors (Lipinski definition) is 1. The van der Waals surface area contributed by atoms with Gasteiger partial charge in [0.15, 0.2) is 0 Å². The molecule has 1 saturated heterocycles. The molecular weight excluding hydrogens is 279 g/mol. The van der Waals surface area contributed by atoms with Gasteiger partial charge in [-0.1, -0.05) is 6.92 Å². The highest BCUT2D eigenvalue weighted by molar-refractivity contribution is 7.89. The predicted octanol–water partition coefficient (Wildman–Crippen LogP) is 1.98. The molecule has 1 aliphatic rings. The molecule has 0 unspecified atom stereocenters. The van der Waals surface area contributed by atoms with Crippen molar-refractivity contribution in [2.24, 2.45) is 0 Å². The second-order valence-corrected chi connectivity index (χ2v) is 6.94. The van der Waals surface area contributed by atoms with Crippen molar-refractivity contribution in [3.8, 4) is 0 Å². The maximum absolute atomic E-state index is 13.0. The first kappa shape index (κ1) is 15.4. The van der Waals surface area contributed by atoms with Gasteiger partial charge in [0.1, 0.15) is 5.82 Å². The van der Waals surface area contributed by atoms with Crippen LogP contribution in [0.15, 0.2) is 29.2 Å². The summed E-state index contributed by atoms with van der Waals surface area (Å²) < 4.78 is 40.0. The van der Waals surface area contributed by atoms with Crippen LogP contribution in [0.5, 0.6) is 0 Å². The first-order valence-electron chi connectivity index (χ1n) is 7.04. The summed E-state index contributed by atoms with van der Waals surface area (Å²) >= 11 is 0. The third kappa shape index (κ3) is 3.37. The lowest BCUT2D eigenvalue weighted by Crippen LogP contribution is -2.46. The van der Waals surface area contributed by atoms with Crippen molar-refractivity contribution in [1.29, 1.82) is 0 Å². The fraction of sp³-hybridized carbons (Fsp3) is 0.571. The molecule has 112 valence electrons. The summed E-state index contributed by atoms with van der Waals surface area (Å²) in [7, 11) is -3.54. The number of hydrogen-bond acceptors (Lipinski definition) is 3. The molecule has 0 saturated carbocycles. The van der Waals surface area contributed by atoms with Gasteiger partial charge in [0.2, 0.25) is 10.0 Å². The number of benzene rings is 1. The normalized spacial score (nSPS) is 17.6. The van der Waals surface area contributed by atoms with Crippen LogP contribution in [-0.4, -0.2) is 38.4 Å². The van der Waals surface area contributed by atoms with Crippen LogP contribution in [0.2, 0.25) is 0 Å². The lowest BCUT2D eigenvalue weighted by molar-refractivity contribution is 0.262. The van der Waals surface area contributed by atoms with Crippen LogP contribution in [0, 0.1) is 5.82 Å². The van der Waals surface area contributed by atoms with Gasteiger partial charge >= 0.3 is 0 Å². The number of rotatable bonds is 5. The summed E-state index contributed by atoms with van der Waals surface area (Å²) in [5.74, 6) is -0.423. The van der Waals surface area contributed by atoms with Crippen molar-refractivity contribution >= 4 is 10.0 Å². The van der Waals surface area contributed by atoms with E-state index in [-0.39, 0.29) is 10.9 Å². The number of nitrogens with one attached hydrogen (secondary N) is 1. The molecule has 0 amide bonds. The van der Waals surface area contributed by atoms with E-state index in [0.717, 1.165) is 32.4 Å². The van der Waals surface area contributed by atoms with E-state index in [2.05, 4.69) is 5.32 Å². The highest BCUT2D eigenvalue weighted by Crippen LogP contribution is 2.23. The Kier molecular flexibility index (Phi) is 5.12. The summed E-state index contributed by atoms with van der Waals surface area (Å²) in [6, 6.07) is 5.10. The van der Waals surface area contributed by atoms with Crippen molar-refractivity contribution in [1.82, 2.24) is 9.62 Å². The zero-order chi connectivity index (χ0) is 14.6. The van der Waals surface area contributed by atoms with Gasteiger partial charge in [-0.2, -0.15) is 4.31 Å². The Morgan fingerprint density at radius 1 is 1.25 bits per heavy atom. The minimum atomic E-state index is -3.54. The standard InChI is InChI=1S/C14H21FN2O2S/c1-2-11-17(13-7-9-16-10-8-13)20(18,19)14-5-3-12(15)4-6-14/h3-6,13,16H,2,7-11H2,1H3. The second kappa shape index (κ2) is 6.65. The lowest BCUT2D eigenvalue weighted by atomic mass is 10.1. The molecule has 6 heteroatoms. The van der Waals surface area contributed by atoms with Crippen molar-refractivity contribution in [3.05, 3.63) is 30.1 Å². The summed E-state index contributed by atoms with van der Waals surface area (Å²) in [6.45, 7) is 4.15. The van der Waals surface area contributed by atoms with Crippen LogP contribution in [-0.2, 0) is 10.0 Å². The fourth-order valence-corrected chi connectivity index (χ4v) is 4.33. The largest absolute Gasteiger partial charge is 0.317 e. The quantitative estimate of drug-likeness (QED) is 0.904. The molecule has 1 aliphatic heterocycles. The van der Waals surface area contributed by atoms with E-state index in [1.54, 1.807) is 4.31 Å². The number of piperidine rings is 1. The zero-order valence-electron chi connectivity index (χ0n) is 11.7. The molecule has 0 radical (unpaired) electrons. The fourth-order valence-electron chi connectivity index (χ4n) is 2.56. The van der Waals surface area contributed by atoms with Crippen LogP contribution in [0.25, 0.3) is 0 Å². The molecule has 20 heavy (non-hydrogen) atoms. The molecule has 0 aromatic heterocycles. The molecular formula is C14H21FN2O2S. The maximum atomic E-state index is 13.0. The monoisotopic (exact) mass is 300 g/mol. The molecule has 1 heterocycles. The molecule has 0 spiro atoms. The highest BCUT2D eigenvalue weighted by Gasteiger charge is 2.31. The first-order valence-corrected chi connectivity index (χ1v) is 8.48. The number of nitrogens with zero attached hydrogens (tertiary/aromatic N) is 1.